The summed E-state index contributed by atoms with van der Waals surface area (Å²) in [5.41, 5.74) is -0.257. The quantitative estimate of drug-likeness (QED) is 0.0542. The van der Waals surface area contributed by atoms with Crippen LogP contribution in [0.5, 0.6) is 17.2 Å². The van der Waals surface area contributed by atoms with Crippen LogP contribution in [-0.4, -0.2) is 30.3 Å². The molecule has 1 atom stereocenters. The monoisotopic (exact) mass is 614 g/mol. The number of hydrogen-bond donors (Lipinski definition) is 1. The number of benzene rings is 3. The smallest absolute Gasteiger partial charge is 0.420 e. The lowest BCUT2D eigenvalue weighted by molar-refractivity contribution is -0.139. The second-order valence-electron chi connectivity index (χ2n) is 10.0. The third-order valence-electron chi connectivity index (χ3n) is 6.60. The van der Waals surface area contributed by atoms with Crippen LogP contribution in [-0.2, 0) is 22.1 Å². The van der Waals surface area contributed by atoms with Crippen LogP contribution in [0.1, 0.15) is 78.8 Å². The lowest BCUT2D eigenvalue weighted by atomic mass is 10.1. The number of halogens is 3. The summed E-state index contributed by atoms with van der Waals surface area (Å²) >= 11 is 0. The highest BCUT2D eigenvalue weighted by Gasteiger charge is 2.36. The predicted octanol–water partition coefficient (Wildman–Crippen LogP) is 8.01. The lowest BCUT2D eigenvalue weighted by Gasteiger charge is -2.18. The molecule has 0 saturated carbocycles. The van der Waals surface area contributed by atoms with E-state index in [0.717, 1.165) is 43.4 Å². The van der Waals surface area contributed by atoms with Gasteiger partial charge in [-0.2, -0.15) is 13.2 Å². The highest BCUT2D eigenvalue weighted by molar-refractivity contribution is 5.91. The van der Waals surface area contributed by atoms with Gasteiger partial charge in [-0.25, -0.2) is 9.59 Å². The number of aliphatic hydroxyl groups excluding tert-OH is 1. The Kier molecular flexibility index (Phi) is 13.3. The van der Waals surface area contributed by atoms with Crippen LogP contribution in [0.3, 0.4) is 0 Å². The minimum atomic E-state index is -4.87. The van der Waals surface area contributed by atoms with Gasteiger partial charge in [0.2, 0.25) is 6.29 Å². The van der Waals surface area contributed by atoms with Gasteiger partial charge in [0.15, 0.2) is 0 Å². The Labute approximate surface area is 255 Å². The van der Waals surface area contributed by atoms with Crippen molar-refractivity contribution in [2.24, 2.45) is 0 Å². The molecule has 3 aromatic rings. The largest absolute Gasteiger partial charge is 0.494 e. The first kappa shape index (κ1) is 34.2. The minimum Gasteiger partial charge on any atom is -0.494 e. The summed E-state index contributed by atoms with van der Waals surface area (Å²) in [7, 11) is 0. The fourth-order valence-corrected chi connectivity index (χ4v) is 4.17. The Bertz CT molecular complexity index is 1350. The molecule has 1 unspecified atom stereocenters. The van der Waals surface area contributed by atoms with Crippen molar-refractivity contribution in [2.75, 3.05) is 13.2 Å². The number of aliphatic hydroxyl groups is 1. The van der Waals surface area contributed by atoms with Gasteiger partial charge in [0.1, 0.15) is 17.2 Å². The van der Waals surface area contributed by atoms with Crippen LogP contribution in [0.15, 0.2) is 79.4 Å². The third-order valence-corrected chi connectivity index (χ3v) is 6.60. The molecule has 10 heteroatoms. The van der Waals surface area contributed by atoms with E-state index in [4.69, 9.17) is 18.9 Å². The number of carbonyl (C=O) groups excluding carboxylic acids is 2. The van der Waals surface area contributed by atoms with E-state index in [2.05, 4.69) is 13.5 Å². The summed E-state index contributed by atoms with van der Waals surface area (Å²) < 4.78 is 62.7. The fraction of sp³-hybridized carbons (Fsp3) is 0.353. The van der Waals surface area contributed by atoms with Gasteiger partial charge in [-0.1, -0.05) is 44.9 Å². The minimum absolute atomic E-state index is 0.0167. The van der Waals surface area contributed by atoms with Crippen LogP contribution in [0.25, 0.3) is 0 Å². The number of hydrogen-bond acceptors (Lipinski definition) is 7. The van der Waals surface area contributed by atoms with Gasteiger partial charge in [0.25, 0.3) is 0 Å². The van der Waals surface area contributed by atoms with E-state index >= 15 is 0 Å². The van der Waals surface area contributed by atoms with E-state index in [9.17, 15) is 27.9 Å². The van der Waals surface area contributed by atoms with Crippen LogP contribution < -0.4 is 14.2 Å². The fourth-order valence-electron chi connectivity index (χ4n) is 4.17. The Morgan fingerprint density at radius 3 is 2.23 bits per heavy atom. The molecule has 0 aliphatic heterocycles. The van der Waals surface area contributed by atoms with Gasteiger partial charge in [-0.15, -0.1) is 0 Å². The van der Waals surface area contributed by atoms with Crippen molar-refractivity contribution in [2.45, 2.75) is 64.3 Å². The standard InChI is InChI=1S/C34H37F3O7/c1-3-5-6-7-10-24-11-16-28(17-12-24)43-33(40)26-15-20-30(29(23-26)34(35,36)37)44-32(39)25-13-18-27(19-14-25)41-21-8-9-22-42-31(38)4-2/h4,11-20,23,33,40H,2-3,5-10,21-22H2,1H3. The molecule has 3 rings (SSSR count). The number of esters is 2. The normalized spacial score (nSPS) is 11.8. The lowest BCUT2D eigenvalue weighted by Crippen LogP contribution is -2.15. The maximum absolute atomic E-state index is 13.9. The number of ether oxygens (including phenoxy) is 4. The first-order chi connectivity index (χ1) is 21.1. The van der Waals surface area contributed by atoms with Crippen LogP contribution >= 0.6 is 0 Å². The summed E-state index contributed by atoms with van der Waals surface area (Å²) in [5, 5.41) is 10.5. The van der Waals surface area contributed by atoms with E-state index in [1.165, 1.54) is 36.8 Å². The van der Waals surface area contributed by atoms with Crippen LogP contribution in [0, 0.1) is 0 Å². The number of carbonyl (C=O) groups is 2. The zero-order valence-corrected chi connectivity index (χ0v) is 24.6. The summed E-state index contributed by atoms with van der Waals surface area (Å²) in [5.74, 6) is -1.45. The molecule has 0 radical (unpaired) electrons. The summed E-state index contributed by atoms with van der Waals surface area (Å²) in [4.78, 5) is 23.7. The summed E-state index contributed by atoms with van der Waals surface area (Å²) in [6.45, 7) is 6.02. The number of alkyl halides is 3. The van der Waals surface area contributed by atoms with Gasteiger partial charge >= 0.3 is 18.1 Å². The molecule has 1 N–H and O–H groups in total. The second-order valence-corrected chi connectivity index (χ2v) is 10.0. The van der Waals surface area contributed by atoms with Crippen molar-refractivity contribution in [3.05, 3.63) is 102 Å². The van der Waals surface area contributed by atoms with E-state index in [0.29, 0.717) is 37.0 Å². The zero-order valence-electron chi connectivity index (χ0n) is 24.6. The first-order valence-electron chi connectivity index (χ1n) is 14.5. The molecular formula is C34H37F3O7. The third kappa shape index (κ3) is 11.1. The van der Waals surface area contributed by atoms with E-state index in [1.807, 2.05) is 12.1 Å². The van der Waals surface area contributed by atoms with Crippen LogP contribution in [0.4, 0.5) is 13.2 Å². The number of rotatable bonds is 17. The van der Waals surface area contributed by atoms with E-state index < -0.39 is 35.7 Å². The number of aryl methyl sites for hydroxylation is 1. The summed E-state index contributed by atoms with van der Waals surface area (Å²) in [6, 6.07) is 15.7. The molecule has 0 spiro atoms. The van der Waals surface area contributed by atoms with Gasteiger partial charge < -0.3 is 24.1 Å². The van der Waals surface area contributed by atoms with Crippen molar-refractivity contribution < 1.29 is 46.8 Å². The molecule has 7 nitrogen and oxygen atoms in total. The molecule has 0 fully saturated rings. The van der Waals surface area contributed by atoms with Gasteiger partial charge in [-0.05, 0) is 85.8 Å². The zero-order chi connectivity index (χ0) is 32.0. The van der Waals surface area contributed by atoms with E-state index in [-0.39, 0.29) is 17.7 Å². The first-order valence-corrected chi connectivity index (χ1v) is 14.5. The molecule has 236 valence electrons. The molecule has 0 amide bonds. The predicted molar refractivity (Wildman–Crippen MR) is 159 cm³/mol. The van der Waals surface area contributed by atoms with Gasteiger partial charge in [0.05, 0.1) is 24.3 Å². The van der Waals surface area contributed by atoms with Gasteiger partial charge in [-0.3, -0.25) is 0 Å². The SMILES string of the molecule is C=CC(=O)OCCCCOc1ccc(C(=O)Oc2ccc(C(O)Oc3ccc(CCCCCC)cc3)cc2C(F)(F)F)cc1. The maximum atomic E-state index is 13.9. The summed E-state index contributed by atoms with van der Waals surface area (Å²) in [6.07, 6.45) is 1.17. The molecule has 0 aliphatic rings. The van der Waals surface area contributed by atoms with Gasteiger partial charge in [0, 0.05) is 11.6 Å². The Morgan fingerprint density at radius 2 is 1.57 bits per heavy atom. The van der Waals surface area contributed by atoms with E-state index in [1.54, 1.807) is 12.1 Å². The highest BCUT2D eigenvalue weighted by atomic mass is 19.4. The van der Waals surface area contributed by atoms with Crippen LogP contribution in [0.2, 0.25) is 0 Å². The number of unbranched alkanes of at least 4 members (excludes halogenated alkanes) is 4. The highest BCUT2D eigenvalue weighted by Crippen LogP contribution is 2.38. The Balaban J connectivity index is 1.58. The molecule has 0 bridgehead atoms. The molecule has 0 saturated heterocycles. The van der Waals surface area contributed by atoms with Crippen molar-refractivity contribution in [3.8, 4) is 17.2 Å². The van der Waals surface area contributed by atoms with Crippen molar-refractivity contribution in [3.63, 3.8) is 0 Å². The van der Waals surface area contributed by atoms with Crippen molar-refractivity contribution in [1.29, 1.82) is 0 Å². The topological polar surface area (TPSA) is 91.3 Å². The average molecular weight is 615 g/mol. The average Bonchev–Trinajstić information content (AvgIpc) is 3.01. The second kappa shape index (κ2) is 17.1. The van der Waals surface area contributed by atoms with Crippen molar-refractivity contribution >= 4 is 11.9 Å². The molecule has 0 aliphatic carbocycles. The molecule has 0 aromatic heterocycles. The Morgan fingerprint density at radius 1 is 0.886 bits per heavy atom. The molecule has 0 heterocycles. The molecule has 44 heavy (non-hydrogen) atoms. The van der Waals surface area contributed by atoms with Crippen molar-refractivity contribution in [1.82, 2.24) is 0 Å². The molecule has 3 aromatic carbocycles. The molecular weight excluding hydrogens is 577 g/mol. The Hall–Kier alpha value is -4.31. The maximum Gasteiger partial charge on any atom is 0.420 e.